The van der Waals surface area contributed by atoms with Crippen molar-refractivity contribution < 1.29 is 14.3 Å². The minimum Gasteiger partial charge on any atom is -0.497 e. The molecule has 0 aromatic heterocycles. The van der Waals surface area contributed by atoms with Crippen LogP contribution in [0.4, 0.5) is 0 Å². The lowest BCUT2D eigenvalue weighted by molar-refractivity contribution is -0.139. The van der Waals surface area contributed by atoms with E-state index in [1.165, 1.54) is 11.8 Å². The second kappa shape index (κ2) is 13.4. The summed E-state index contributed by atoms with van der Waals surface area (Å²) < 4.78 is 5.19. The number of hydrogen-bond acceptors (Lipinski definition) is 4. The van der Waals surface area contributed by atoms with Gasteiger partial charge in [0.1, 0.15) is 11.8 Å². The largest absolute Gasteiger partial charge is 0.497 e. The quantitative estimate of drug-likeness (QED) is 0.459. The number of hydrogen-bond donors (Lipinski definition) is 1. The summed E-state index contributed by atoms with van der Waals surface area (Å²) in [7, 11) is 1.64. The molecule has 1 atom stereocenters. The molecule has 0 spiro atoms. The smallest absolute Gasteiger partial charge is 0.242 e. The number of nitrogens with zero attached hydrogens (tertiary/aromatic N) is 1. The fourth-order valence-corrected chi connectivity index (χ4v) is 4.28. The van der Waals surface area contributed by atoms with Crippen molar-refractivity contribution >= 4 is 35.2 Å². The van der Waals surface area contributed by atoms with Crippen LogP contribution in [0.15, 0.2) is 48.5 Å². The van der Waals surface area contributed by atoms with Crippen LogP contribution in [0.5, 0.6) is 5.75 Å². The molecule has 174 valence electrons. The lowest BCUT2D eigenvalue weighted by Crippen LogP contribution is -2.50. The molecule has 0 bridgehead atoms. The summed E-state index contributed by atoms with van der Waals surface area (Å²) in [4.78, 5) is 27.8. The number of benzene rings is 2. The van der Waals surface area contributed by atoms with E-state index < -0.39 is 6.04 Å². The third-order valence-corrected chi connectivity index (χ3v) is 6.38. The Kier molecular flexibility index (Phi) is 10.9. The first-order valence-electron chi connectivity index (χ1n) is 10.9. The molecule has 0 saturated heterocycles. The Morgan fingerprint density at radius 3 is 2.41 bits per heavy atom. The summed E-state index contributed by atoms with van der Waals surface area (Å²) >= 11 is 7.89. The average Bonchev–Trinajstić information content (AvgIpc) is 2.79. The van der Waals surface area contributed by atoms with Crippen molar-refractivity contribution in [2.45, 2.75) is 45.5 Å². The molecule has 0 heterocycles. The van der Waals surface area contributed by atoms with Gasteiger partial charge >= 0.3 is 0 Å². The monoisotopic (exact) mass is 476 g/mol. The van der Waals surface area contributed by atoms with Crippen LogP contribution in [0.3, 0.4) is 0 Å². The van der Waals surface area contributed by atoms with E-state index >= 15 is 0 Å². The predicted octanol–water partition coefficient (Wildman–Crippen LogP) is 5.16. The minimum atomic E-state index is -0.542. The van der Waals surface area contributed by atoms with Gasteiger partial charge in [-0.05, 0) is 41.7 Å². The third kappa shape index (κ3) is 8.06. The molecule has 5 nitrogen and oxygen atoms in total. The maximum Gasteiger partial charge on any atom is 0.242 e. The molecule has 1 N–H and O–H groups in total. The van der Waals surface area contributed by atoms with Crippen molar-refractivity contribution in [2.24, 2.45) is 5.92 Å². The molecule has 0 fully saturated rings. The molecule has 7 heteroatoms. The van der Waals surface area contributed by atoms with E-state index in [4.69, 9.17) is 16.3 Å². The SMILES string of the molecule is CC[C@H](C(=O)NCC(C)C)N(Cc1ccccc1Cl)C(=O)CSCc1ccc(OC)cc1. The van der Waals surface area contributed by atoms with Crippen LogP contribution < -0.4 is 10.1 Å². The first kappa shape index (κ1) is 26.1. The van der Waals surface area contributed by atoms with Crippen molar-refractivity contribution in [1.29, 1.82) is 0 Å². The first-order chi connectivity index (χ1) is 15.3. The van der Waals surface area contributed by atoms with Gasteiger partial charge in [0, 0.05) is 23.9 Å². The van der Waals surface area contributed by atoms with Crippen molar-refractivity contribution in [3.8, 4) is 5.75 Å². The molecule has 0 saturated carbocycles. The minimum absolute atomic E-state index is 0.0741. The number of nitrogens with one attached hydrogen (secondary N) is 1. The van der Waals surface area contributed by atoms with Crippen molar-refractivity contribution in [3.05, 3.63) is 64.7 Å². The molecule has 2 rings (SSSR count). The molecule has 0 aliphatic heterocycles. The summed E-state index contributed by atoms with van der Waals surface area (Å²) in [5.74, 6) is 1.93. The highest BCUT2D eigenvalue weighted by molar-refractivity contribution is 7.99. The van der Waals surface area contributed by atoms with Gasteiger partial charge in [0.25, 0.3) is 0 Å². The number of ether oxygens (including phenoxy) is 1. The second-order valence-corrected chi connectivity index (χ2v) is 9.41. The van der Waals surface area contributed by atoms with Crippen LogP contribution in [0.2, 0.25) is 5.02 Å². The highest BCUT2D eigenvalue weighted by atomic mass is 35.5. The van der Waals surface area contributed by atoms with Crippen LogP contribution in [0.25, 0.3) is 0 Å². The van der Waals surface area contributed by atoms with Gasteiger partial charge in [0.15, 0.2) is 0 Å². The van der Waals surface area contributed by atoms with Crippen LogP contribution in [-0.2, 0) is 21.9 Å². The van der Waals surface area contributed by atoms with E-state index in [0.717, 1.165) is 16.9 Å². The highest BCUT2D eigenvalue weighted by Crippen LogP contribution is 2.22. The number of carbonyl (C=O) groups excluding carboxylic acids is 2. The zero-order chi connectivity index (χ0) is 23.5. The topological polar surface area (TPSA) is 58.6 Å². The van der Waals surface area contributed by atoms with Crippen LogP contribution in [0, 0.1) is 5.92 Å². The first-order valence-corrected chi connectivity index (χ1v) is 12.4. The van der Waals surface area contributed by atoms with E-state index in [2.05, 4.69) is 5.32 Å². The van der Waals surface area contributed by atoms with Crippen molar-refractivity contribution in [3.63, 3.8) is 0 Å². The van der Waals surface area contributed by atoms with E-state index in [9.17, 15) is 9.59 Å². The summed E-state index contributed by atoms with van der Waals surface area (Å²) in [6.45, 7) is 6.90. The normalized spacial score (nSPS) is 11.8. The van der Waals surface area contributed by atoms with Gasteiger partial charge in [-0.25, -0.2) is 0 Å². The fraction of sp³-hybridized carbons (Fsp3) is 0.440. The van der Waals surface area contributed by atoms with E-state index in [0.29, 0.717) is 36.2 Å². The second-order valence-electron chi connectivity index (χ2n) is 8.02. The Morgan fingerprint density at radius 1 is 1.12 bits per heavy atom. The average molecular weight is 477 g/mol. The molecule has 0 unspecified atom stereocenters. The summed E-state index contributed by atoms with van der Waals surface area (Å²) in [5, 5.41) is 3.57. The number of carbonyl (C=O) groups is 2. The fourth-order valence-electron chi connectivity index (χ4n) is 3.21. The Labute approximate surface area is 200 Å². The maximum absolute atomic E-state index is 13.3. The third-order valence-electron chi connectivity index (χ3n) is 5.02. The predicted molar refractivity (Wildman–Crippen MR) is 133 cm³/mol. The Balaban J connectivity index is 2.11. The molecule has 32 heavy (non-hydrogen) atoms. The number of amides is 2. The highest BCUT2D eigenvalue weighted by Gasteiger charge is 2.29. The van der Waals surface area contributed by atoms with Gasteiger partial charge in [-0.3, -0.25) is 9.59 Å². The van der Waals surface area contributed by atoms with E-state index in [-0.39, 0.29) is 17.6 Å². The van der Waals surface area contributed by atoms with Crippen LogP contribution >= 0.6 is 23.4 Å². The summed E-state index contributed by atoms with van der Waals surface area (Å²) in [5.41, 5.74) is 1.95. The number of methoxy groups -OCH3 is 1. The van der Waals surface area contributed by atoms with Gasteiger partial charge in [-0.1, -0.05) is 62.7 Å². The van der Waals surface area contributed by atoms with Gasteiger partial charge in [-0.15, -0.1) is 11.8 Å². The Hall–Kier alpha value is -2.18. The van der Waals surface area contributed by atoms with Crippen LogP contribution in [0.1, 0.15) is 38.3 Å². The van der Waals surface area contributed by atoms with Gasteiger partial charge in [0.05, 0.1) is 12.9 Å². The lowest BCUT2D eigenvalue weighted by Gasteiger charge is -2.31. The van der Waals surface area contributed by atoms with Crippen molar-refractivity contribution in [1.82, 2.24) is 10.2 Å². The van der Waals surface area contributed by atoms with E-state index in [1.54, 1.807) is 18.1 Å². The van der Waals surface area contributed by atoms with Gasteiger partial charge in [0.2, 0.25) is 11.8 Å². The van der Waals surface area contributed by atoms with Crippen molar-refractivity contribution in [2.75, 3.05) is 19.4 Å². The van der Waals surface area contributed by atoms with Gasteiger partial charge < -0.3 is 15.0 Å². The molecule has 2 aromatic rings. The molecular weight excluding hydrogens is 444 g/mol. The molecule has 0 aliphatic rings. The maximum atomic E-state index is 13.3. The summed E-state index contributed by atoms with van der Waals surface area (Å²) in [6, 6.07) is 14.7. The lowest BCUT2D eigenvalue weighted by atomic mass is 10.1. The molecule has 2 aromatic carbocycles. The van der Waals surface area contributed by atoms with E-state index in [1.807, 2.05) is 63.2 Å². The van der Waals surface area contributed by atoms with Gasteiger partial charge in [-0.2, -0.15) is 0 Å². The summed E-state index contributed by atoms with van der Waals surface area (Å²) in [6.07, 6.45) is 0.531. The zero-order valence-corrected chi connectivity index (χ0v) is 20.8. The molecule has 0 aliphatic carbocycles. The Bertz CT molecular complexity index is 874. The Morgan fingerprint density at radius 2 is 1.81 bits per heavy atom. The standard InChI is InChI=1S/C25H33ClN2O3S/c1-5-23(25(30)27-14-18(2)3)28(15-20-8-6-7-9-22(20)26)24(29)17-32-16-19-10-12-21(31-4)13-11-19/h6-13,18,23H,5,14-17H2,1-4H3,(H,27,30)/t23-/m1/s1. The van der Waals surface area contributed by atoms with Crippen LogP contribution in [-0.4, -0.2) is 42.2 Å². The molecule has 2 amide bonds. The molecular formula is C25H33ClN2O3S. The molecule has 0 radical (unpaired) electrons. The number of thioether (sulfide) groups is 1. The number of rotatable bonds is 12. The number of halogens is 1. The zero-order valence-electron chi connectivity index (χ0n) is 19.3.